The van der Waals surface area contributed by atoms with E-state index in [0.29, 0.717) is 128 Å². The molecule has 2 aliphatic rings. The van der Waals surface area contributed by atoms with Crippen LogP contribution in [0.25, 0.3) is 17.1 Å². The Morgan fingerprint density at radius 1 is 0.620 bits per heavy atom. The summed E-state index contributed by atoms with van der Waals surface area (Å²) in [7, 11) is 0. The Morgan fingerprint density at radius 2 is 1.10 bits per heavy atom. The van der Waals surface area contributed by atoms with Crippen LogP contribution in [0.5, 0.6) is 11.5 Å². The number of phenolic OH excluding ortho intramolecular Hbond substituents is 2. The molecule has 1 aromatic heterocycles. The molecule has 0 spiro atoms. The first-order chi connectivity index (χ1) is 37.5. The first kappa shape index (κ1) is 66.4. The number of likely N-dealkylation sites (tertiary alicyclic amines) is 1. The number of aromatic nitrogens is 3. The summed E-state index contributed by atoms with van der Waals surface area (Å²) in [6.45, 7) is 12.0. The van der Waals surface area contributed by atoms with Crippen molar-refractivity contribution in [1.82, 2.24) is 49.9 Å². The average molecular weight is 1270 g/mol. The van der Waals surface area contributed by atoms with E-state index in [1.807, 2.05) is 54.8 Å². The van der Waals surface area contributed by atoms with E-state index in [1.165, 1.54) is 6.07 Å². The number of rotatable bonds is 30. The second kappa shape index (κ2) is 35.6. The summed E-state index contributed by atoms with van der Waals surface area (Å²) in [4.78, 5) is 82.2. The molecule has 447 valence electrons. The van der Waals surface area contributed by atoms with Gasteiger partial charge in [-0.2, -0.15) is 0 Å². The number of aliphatic carboxylic acids is 3. The summed E-state index contributed by atoms with van der Waals surface area (Å²) in [6, 6.07) is 10.8. The van der Waals surface area contributed by atoms with Crippen molar-refractivity contribution < 1.29 is 110 Å². The van der Waals surface area contributed by atoms with Crippen molar-refractivity contribution in [3.8, 4) is 28.6 Å². The quantitative estimate of drug-likeness (QED) is 0.0459. The van der Waals surface area contributed by atoms with Gasteiger partial charge in [-0.3, -0.25) is 52.9 Å². The molecule has 2 aromatic carbocycles. The number of carboxylic acid groups (broad SMARTS) is 3. The van der Waals surface area contributed by atoms with Crippen LogP contribution in [0.1, 0.15) is 67.7 Å². The number of hydrogen-bond acceptors (Lipinski definition) is 18. The molecule has 79 heavy (non-hydrogen) atoms. The molecule has 7 N–H and O–H groups in total. The molecule has 0 unspecified atom stereocenters. The smallest absolute Gasteiger partial charge is 0.317 e. The van der Waals surface area contributed by atoms with E-state index in [0.717, 1.165) is 24.8 Å². The Hall–Kier alpha value is -5.09. The Morgan fingerprint density at radius 3 is 1.58 bits per heavy atom. The summed E-state index contributed by atoms with van der Waals surface area (Å²) in [5.74, 6) is -3.21. The van der Waals surface area contributed by atoms with Gasteiger partial charge in [0, 0.05) is 127 Å². The van der Waals surface area contributed by atoms with E-state index < -0.39 is 23.8 Å². The molecule has 3 aromatic rings. The Balaban J connectivity index is 0.0000134. The molecule has 1 radical (unpaired) electrons. The van der Waals surface area contributed by atoms with Gasteiger partial charge in [0.15, 0.2) is 5.82 Å². The molecule has 0 saturated carbocycles. The number of nitrogens with one attached hydrogen (secondary N) is 2. The molecule has 5 rings (SSSR count). The predicted octanol–water partition coefficient (Wildman–Crippen LogP) is 1.05. The molecule has 2 fully saturated rings. The third kappa shape index (κ3) is 23.5. The van der Waals surface area contributed by atoms with Crippen LogP contribution in [-0.2, 0) is 49.3 Å². The zero-order valence-electron chi connectivity index (χ0n) is 45.6. The predicted molar refractivity (Wildman–Crippen MR) is 285 cm³/mol. The maximum Gasteiger partial charge on any atom is 0.317 e. The van der Waals surface area contributed by atoms with Gasteiger partial charge in [0.25, 0.3) is 5.91 Å². The summed E-state index contributed by atoms with van der Waals surface area (Å²) in [6.07, 6.45) is 2.84. The largest absolute Gasteiger partial charge is 0.508 e. The molecule has 0 aliphatic carbocycles. The van der Waals surface area contributed by atoms with Gasteiger partial charge >= 0.3 is 17.9 Å². The number of ether oxygens (including phenoxy) is 4. The normalized spacial score (nSPS) is 15.7. The zero-order chi connectivity index (χ0) is 56.4. The van der Waals surface area contributed by atoms with Crippen LogP contribution in [0.15, 0.2) is 36.4 Å². The van der Waals surface area contributed by atoms with Crippen molar-refractivity contribution in [3.05, 3.63) is 53.3 Å². The fraction of sp³-hybridized carbons (Fsp3) is 0.623. The first-order valence-corrected chi connectivity index (χ1v) is 26.8. The molecular formula is C53H80LuN10O15. The van der Waals surface area contributed by atoms with Crippen molar-refractivity contribution in [3.63, 3.8) is 0 Å². The number of carbonyl (C=O) groups is 6. The van der Waals surface area contributed by atoms with Gasteiger partial charge in [0.1, 0.15) is 11.5 Å². The third-order valence-corrected chi connectivity index (χ3v) is 13.4. The van der Waals surface area contributed by atoms with E-state index in [1.54, 1.807) is 25.3 Å². The molecule has 0 bridgehead atoms. The number of nitrogens with zero attached hydrogens (tertiary/aromatic N) is 8. The molecule has 3 amide bonds. The van der Waals surface area contributed by atoms with E-state index in [9.17, 15) is 54.3 Å². The number of benzene rings is 2. The Labute approximate surface area is 490 Å². The minimum Gasteiger partial charge on any atom is -0.508 e. The monoisotopic (exact) mass is 1270 g/mol. The molecule has 26 heteroatoms. The van der Waals surface area contributed by atoms with Crippen molar-refractivity contribution in [1.29, 1.82) is 0 Å². The average Bonchev–Trinajstić information content (AvgIpc) is 3.83. The number of amides is 3. The Bertz CT molecular complexity index is 2360. The van der Waals surface area contributed by atoms with E-state index in [-0.39, 0.29) is 137 Å². The molecule has 0 atom stereocenters. The van der Waals surface area contributed by atoms with Gasteiger partial charge in [-0.05, 0) is 67.3 Å². The van der Waals surface area contributed by atoms with Crippen LogP contribution in [0.2, 0.25) is 0 Å². The van der Waals surface area contributed by atoms with Crippen molar-refractivity contribution >= 4 is 35.6 Å². The second-order valence-electron chi connectivity index (χ2n) is 19.7. The summed E-state index contributed by atoms with van der Waals surface area (Å²) in [5.41, 5.74) is 2.72. The zero-order valence-corrected chi connectivity index (χ0v) is 47.2. The first-order valence-electron chi connectivity index (χ1n) is 26.8. The SMILES string of the molecule is CCNC(=O)c1nnc(-c2cc(C(C)C)c(O)cc2O)n1-c1ccc(CC2CCN(C(=O)CCOCCOCCOCCOCCNC(=O)CN3CCN(CC(=O)O)CCN(CC(=O)O)CCN(CC(=O)O)CC3)CC2)cc1.[Lu]. The van der Waals surface area contributed by atoms with Gasteiger partial charge in [-0.15, -0.1) is 10.2 Å². The van der Waals surface area contributed by atoms with Crippen LogP contribution in [0.3, 0.4) is 0 Å². The van der Waals surface area contributed by atoms with Gasteiger partial charge in [-0.25, -0.2) is 0 Å². The van der Waals surface area contributed by atoms with Crippen molar-refractivity contribution in [2.45, 2.75) is 52.4 Å². The summed E-state index contributed by atoms with van der Waals surface area (Å²) >= 11 is 0. The number of piperidine rings is 1. The van der Waals surface area contributed by atoms with Crippen LogP contribution in [-0.4, -0.2) is 258 Å². The maximum absolute atomic E-state index is 13.1. The van der Waals surface area contributed by atoms with Crippen LogP contribution >= 0.6 is 0 Å². The molecular weight excluding hydrogens is 1190 g/mol. The maximum atomic E-state index is 13.1. The van der Waals surface area contributed by atoms with E-state index >= 15 is 0 Å². The molecule has 2 aliphatic heterocycles. The number of carbonyl (C=O) groups excluding carboxylic acids is 3. The van der Waals surface area contributed by atoms with Crippen LogP contribution in [0.4, 0.5) is 0 Å². The van der Waals surface area contributed by atoms with Gasteiger partial charge in [-0.1, -0.05) is 26.0 Å². The van der Waals surface area contributed by atoms with Crippen LogP contribution in [0, 0.1) is 42.8 Å². The number of aromatic hydroxyl groups is 2. The minimum atomic E-state index is -1.03. The Kier molecular flexibility index (Phi) is 29.9. The van der Waals surface area contributed by atoms with E-state index in [2.05, 4.69) is 20.8 Å². The van der Waals surface area contributed by atoms with Crippen molar-refractivity contribution in [2.75, 3.05) is 158 Å². The number of carboxylic acids is 3. The van der Waals surface area contributed by atoms with Gasteiger partial charge in [0.2, 0.25) is 17.6 Å². The van der Waals surface area contributed by atoms with Gasteiger partial charge in [0.05, 0.1) is 91.0 Å². The molecule has 25 nitrogen and oxygen atoms in total. The molecule has 3 heterocycles. The fourth-order valence-corrected chi connectivity index (χ4v) is 9.21. The third-order valence-electron chi connectivity index (χ3n) is 13.4. The standard InChI is InChI=1S/C53H80N10O15.Lu/c1-4-54-53(74)52-57-56-51(43-32-42(38(2)3)44(64)33-45(43)65)63(52)41-7-5-39(6-8-41)31-40-9-13-62(14-10-40)47(67)11-23-75-25-27-77-29-30-78-28-26-76-24-12-55-46(66)34-58-15-17-59(35-48(68)69)19-21-61(37-50(72)73)22-20-60(18-16-58)36-49(70)71;/h5-8,32-33,38,40,64-65H,4,9-31,34-37H2,1-3H3,(H,54,74)(H,55,66)(H,68,69)(H,70,71)(H,72,73);. The number of phenols is 2. The number of hydrogen-bond donors (Lipinski definition) is 7. The summed E-state index contributed by atoms with van der Waals surface area (Å²) < 4.78 is 24.0. The van der Waals surface area contributed by atoms with Gasteiger partial charge < -0.3 is 60.0 Å². The van der Waals surface area contributed by atoms with Crippen molar-refractivity contribution in [2.24, 2.45) is 5.92 Å². The van der Waals surface area contributed by atoms with E-state index in [4.69, 9.17) is 18.9 Å². The minimum absolute atomic E-state index is 0. The second-order valence-corrected chi connectivity index (χ2v) is 19.7. The fourth-order valence-electron chi connectivity index (χ4n) is 9.21. The topological polar surface area (TPSA) is 311 Å². The summed E-state index contributed by atoms with van der Waals surface area (Å²) in [5, 5.41) is 63.7. The van der Waals surface area contributed by atoms with Crippen LogP contribution < -0.4 is 10.6 Å². The molecule has 2 saturated heterocycles.